The Morgan fingerprint density at radius 1 is 0.800 bits per heavy atom. The minimum Gasteiger partial charge on any atom is -0.385 e. The van der Waals surface area contributed by atoms with E-state index >= 15 is 0 Å². The zero-order valence-corrected chi connectivity index (χ0v) is 13.7. The fourth-order valence-electron chi connectivity index (χ4n) is 3.08. The van der Waals surface area contributed by atoms with E-state index in [1.807, 2.05) is 0 Å². The quantitative estimate of drug-likeness (QED) is 0.806. The van der Waals surface area contributed by atoms with E-state index < -0.39 is 35.0 Å². The molecule has 6 heteroatoms. The SMILES string of the molecule is COC1(C(C)(C)O)OC(C)C(OC)(C(C)(C)O)OC1C. The van der Waals surface area contributed by atoms with Crippen LogP contribution < -0.4 is 0 Å². The second-order valence-corrected chi connectivity index (χ2v) is 6.38. The van der Waals surface area contributed by atoms with Crippen molar-refractivity contribution in [2.75, 3.05) is 14.2 Å². The van der Waals surface area contributed by atoms with Crippen LogP contribution in [0.4, 0.5) is 0 Å². The van der Waals surface area contributed by atoms with Crippen molar-refractivity contribution in [1.82, 2.24) is 0 Å². The van der Waals surface area contributed by atoms with Crippen LogP contribution in [0.2, 0.25) is 0 Å². The van der Waals surface area contributed by atoms with Crippen LogP contribution >= 0.6 is 0 Å². The Labute approximate surface area is 121 Å². The van der Waals surface area contributed by atoms with Crippen molar-refractivity contribution >= 4 is 0 Å². The molecule has 0 aromatic rings. The van der Waals surface area contributed by atoms with Crippen LogP contribution in [0.15, 0.2) is 0 Å². The molecule has 2 N–H and O–H groups in total. The molecule has 0 spiro atoms. The van der Waals surface area contributed by atoms with E-state index in [0.29, 0.717) is 0 Å². The van der Waals surface area contributed by atoms with Crippen LogP contribution in [0.1, 0.15) is 41.5 Å². The number of aliphatic hydroxyl groups is 2. The molecule has 1 rings (SSSR count). The third-order valence-corrected chi connectivity index (χ3v) is 4.09. The molecule has 1 aliphatic rings. The normalized spacial score (nSPS) is 39.9. The predicted molar refractivity (Wildman–Crippen MR) is 73.2 cm³/mol. The predicted octanol–water partition coefficient (Wildman–Crippen LogP) is 1.04. The van der Waals surface area contributed by atoms with Crippen molar-refractivity contribution in [3.8, 4) is 0 Å². The smallest absolute Gasteiger partial charge is 0.224 e. The average molecular weight is 292 g/mol. The van der Waals surface area contributed by atoms with E-state index in [1.54, 1.807) is 41.5 Å². The summed E-state index contributed by atoms with van der Waals surface area (Å²) in [6.07, 6.45) is -1.31. The fourth-order valence-corrected chi connectivity index (χ4v) is 3.08. The second kappa shape index (κ2) is 5.19. The summed E-state index contributed by atoms with van der Waals surface area (Å²) in [4.78, 5) is 0. The molecular weight excluding hydrogens is 264 g/mol. The van der Waals surface area contributed by atoms with Gasteiger partial charge in [-0.15, -0.1) is 0 Å². The van der Waals surface area contributed by atoms with Gasteiger partial charge in [-0.25, -0.2) is 0 Å². The van der Waals surface area contributed by atoms with Gasteiger partial charge in [-0.2, -0.15) is 0 Å². The second-order valence-electron chi connectivity index (χ2n) is 6.38. The molecule has 1 aliphatic heterocycles. The Kier molecular flexibility index (Phi) is 4.62. The average Bonchev–Trinajstić information content (AvgIpc) is 2.28. The summed E-state index contributed by atoms with van der Waals surface area (Å²) in [5.41, 5.74) is -2.59. The van der Waals surface area contributed by atoms with Crippen molar-refractivity contribution in [2.45, 2.75) is 76.5 Å². The maximum atomic E-state index is 10.4. The summed E-state index contributed by atoms with van der Waals surface area (Å²) in [5, 5.41) is 20.8. The lowest BCUT2D eigenvalue weighted by Gasteiger charge is -2.58. The largest absolute Gasteiger partial charge is 0.385 e. The molecule has 4 atom stereocenters. The molecule has 6 nitrogen and oxygen atoms in total. The monoisotopic (exact) mass is 292 g/mol. The van der Waals surface area contributed by atoms with Gasteiger partial charge in [-0.05, 0) is 41.5 Å². The Hall–Kier alpha value is -0.240. The lowest BCUT2D eigenvalue weighted by molar-refractivity contribution is -0.476. The van der Waals surface area contributed by atoms with Crippen molar-refractivity contribution in [1.29, 1.82) is 0 Å². The van der Waals surface area contributed by atoms with E-state index in [1.165, 1.54) is 14.2 Å². The molecule has 0 aliphatic carbocycles. The van der Waals surface area contributed by atoms with Crippen molar-refractivity contribution in [3.05, 3.63) is 0 Å². The lowest BCUT2D eigenvalue weighted by Crippen LogP contribution is -2.74. The number of methoxy groups -OCH3 is 2. The Morgan fingerprint density at radius 3 is 1.20 bits per heavy atom. The molecule has 20 heavy (non-hydrogen) atoms. The zero-order valence-electron chi connectivity index (χ0n) is 13.7. The Morgan fingerprint density at radius 2 is 1.05 bits per heavy atom. The van der Waals surface area contributed by atoms with E-state index in [-0.39, 0.29) is 0 Å². The molecule has 0 aromatic carbocycles. The number of hydrogen-bond acceptors (Lipinski definition) is 6. The molecule has 0 saturated carbocycles. The molecular formula is C14H28O6. The number of ether oxygens (including phenoxy) is 4. The highest BCUT2D eigenvalue weighted by Gasteiger charge is 2.64. The summed E-state index contributed by atoms with van der Waals surface area (Å²) >= 11 is 0. The summed E-state index contributed by atoms with van der Waals surface area (Å²) in [5.74, 6) is -2.70. The van der Waals surface area contributed by atoms with Gasteiger partial charge in [0, 0.05) is 14.2 Å². The maximum Gasteiger partial charge on any atom is 0.224 e. The van der Waals surface area contributed by atoms with Crippen molar-refractivity contribution in [3.63, 3.8) is 0 Å². The van der Waals surface area contributed by atoms with E-state index in [9.17, 15) is 10.2 Å². The van der Waals surface area contributed by atoms with E-state index in [2.05, 4.69) is 0 Å². The topological polar surface area (TPSA) is 77.4 Å². The first-order valence-corrected chi connectivity index (χ1v) is 6.78. The van der Waals surface area contributed by atoms with Crippen LogP contribution in [-0.2, 0) is 18.9 Å². The summed E-state index contributed by atoms with van der Waals surface area (Å²) in [7, 11) is 2.91. The molecule has 0 aromatic heterocycles. The highest BCUT2D eigenvalue weighted by molar-refractivity contribution is 5.03. The first-order valence-electron chi connectivity index (χ1n) is 6.78. The summed E-state index contributed by atoms with van der Waals surface area (Å²) < 4.78 is 22.8. The molecule has 120 valence electrons. The van der Waals surface area contributed by atoms with Gasteiger partial charge < -0.3 is 29.2 Å². The van der Waals surface area contributed by atoms with Crippen LogP contribution in [0.5, 0.6) is 0 Å². The molecule has 1 fully saturated rings. The van der Waals surface area contributed by atoms with Gasteiger partial charge in [0.15, 0.2) is 0 Å². The molecule has 0 radical (unpaired) electrons. The van der Waals surface area contributed by atoms with E-state index in [4.69, 9.17) is 18.9 Å². The zero-order chi connectivity index (χ0) is 16.0. The van der Waals surface area contributed by atoms with Gasteiger partial charge in [0.1, 0.15) is 23.4 Å². The molecule has 1 saturated heterocycles. The van der Waals surface area contributed by atoms with Gasteiger partial charge in [0.25, 0.3) is 0 Å². The van der Waals surface area contributed by atoms with Gasteiger partial charge in [-0.1, -0.05) is 0 Å². The highest BCUT2D eigenvalue weighted by Crippen LogP contribution is 2.46. The molecule has 1 heterocycles. The summed E-state index contributed by atoms with van der Waals surface area (Å²) in [6.45, 7) is 9.79. The fraction of sp³-hybridized carbons (Fsp3) is 1.00. The van der Waals surface area contributed by atoms with Gasteiger partial charge >= 0.3 is 0 Å². The molecule has 0 amide bonds. The third kappa shape index (κ3) is 2.38. The minimum absolute atomic E-state index is 0.657. The minimum atomic E-state index is -1.35. The van der Waals surface area contributed by atoms with Crippen LogP contribution in [0.25, 0.3) is 0 Å². The van der Waals surface area contributed by atoms with Gasteiger partial charge in [0.2, 0.25) is 11.6 Å². The van der Waals surface area contributed by atoms with Gasteiger partial charge in [-0.3, -0.25) is 0 Å². The lowest BCUT2D eigenvalue weighted by atomic mass is 9.85. The molecule has 4 unspecified atom stereocenters. The first-order chi connectivity index (χ1) is 8.88. The van der Waals surface area contributed by atoms with Crippen LogP contribution in [-0.4, -0.2) is 59.4 Å². The molecule has 0 bridgehead atoms. The van der Waals surface area contributed by atoms with Crippen molar-refractivity contribution in [2.24, 2.45) is 0 Å². The standard InChI is InChI=1S/C14H28O6/c1-9-13(17-7,11(3,4)15)20-10(2)14(18-8,19-9)12(5,6)16/h9-10,15-16H,1-8H3. The number of hydrogen-bond donors (Lipinski definition) is 2. The Bertz CT molecular complexity index is 311. The van der Waals surface area contributed by atoms with Crippen LogP contribution in [0, 0.1) is 0 Å². The highest BCUT2D eigenvalue weighted by atomic mass is 16.8. The summed E-state index contributed by atoms with van der Waals surface area (Å²) in [6, 6.07) is 0. The van der Waals surface area contributed by atoms with E-state index in [0.717, 1.165) is 0 Å². The van der Waals surface area contributed by atoms with Gasteiger partial charge in [0.05, 0.1) is 0 Å². The van der Waals surface area contributed by atoms with Crippen molar-refractivity contribution < 1.29 is 29.2 Å². The third-order valence-electron chi connectivity index (χ3n) is 4.09. The number of rotatable bonds is 4. The first kappa shape index (κ1) is 17.8. The Balaban J connectivity index is 3.26. The maximum absolute atomic E-state index is 10.4. The van der Waals surface area contributed by atoms with Crippen LogP contribution in [0.3, 0.4) is 0 Å².